The quantitative estimate of drug-likeness (QED) is 0.363. The molecule has 0 aromatic carbocycles. The van der Waals surface area contributed by atoms with Crippen molar-refractivity contribution in [3.63, 3.8) is 0 Å². The van der Waals surface area contributed by atoms with Crippen molar-refractivity contribution in [2.45, 2.75) is 12.5 Å². The van der Waals surface area contributed by atoms with E-state index in [1.54, 1.807) is 0 Å². The number of alkyl halides is 1. The van der Waals surface area contributed by atoms with Gasteiger partial charge in [-0.3, -0.25) is 0 Å². The number of halogens is 1. The topological polar surface area (TPSA) is 35.5 Å². The van der Waals surface area contributed by atoms with Gasteiger partial charge in [0.2, 0.25) is 0 Å². The van der Waals surface area contributed by atoms with Gasteiger partial charge < -0.3 is 9.47 Å². The van der Waals surface area contributed by atoms with Gasteiger partial charge in [0.1, 0.15) is 6.61 Å². The summed E-state index contributed by atoms with van der Waals surface area (Å²) in [6, 6.07) is 0. The minimum atomic E-state index is -0.776. The maximum absolute atomic E-state index is 10.4. The maximum Gasteiger partial charge on any atom is 0.510 e. The molecule has 0 aromatic rings. The van der Waals surface area contributed by atoms with Gasteiger partial charge in [-0.05, 0) is 6.92 Å². The fourth-order valence-electron chi connectivity index (χ4n) is 0.294. The Kier molecular flexibility index (Phi) is 4.76. The van der Waals surface area contributed by atoms with Crippen molar-refractivity contribution >= 4 is 17.8 Å². The molecule has 0 amide bonds. The lowest BCUT2D eigenvalue weighted by Gasteiger charge is -2.04. The number of ether oxygens (including phenoxy) is 2. The van der Waals surface area contributed by atoms with Crippen LogP contribution in [0, 0.1) is 0 Å². The predicted octanol–water partition coefficient (Wildman–Crippen LogP) is 1.91. The molecule has 4 heteroatoms. The van der Waals surface area contributed by atoms with Crippen molar-refractivity contribution in [2.24, 2.45) is 0 Å². The number of hydrogen-bond acceptors (Lipinski definition) is 3. The summed E-state index contributed by atoms with van der Waals surface area (Å²) in [7, 11) is 0. The molecule has 0 aliphatic heterocycles. The van der Waals surface area contributed by atoms with E-state index in [1.165, 1.54) is 13.0 Å². The molecule has 58 valence electrons. The molecule has 3 nitrogen and oxygen atoms in total. The van der Waals surface area contributed by atoms with Crippen molar-refractivity contribution in [2.75, 3.05) is 6.61 Å². The van der Waals surface area contributed by atoms with Gasteiger partial charge in [0.25, 0.3) is 0 Å². The molecule has 0 bridgehead atoms. The van der Waals surface area contributed by atoms with Gasteiger partial charge in [-0.2, -0.15) is 0 Å². The molecule has 1 unspecified atom stereocenters. The summed E-state index contributed by atoms with van der Waals surface area (Å²) < 4.78 is 8.85. The second kappa shape index (κ2) is 5.11. The zero-order valence-electron chi connectivity index (χ0n) is 5.67. The van der Waals surface area contributed by atoms with E-state index < -0.39 is 11.7 Å². The van der Waals surface area contributed by atoms with Crippen LogP contribution in [0.4, 0.5) is 4.79 Å². The zero-order valence-corrected chi connectivity index (χ0v) is 6.43. The molecule has 0 aliphatic rings. The molecule has 10 heavy (non-hydrogen) atoms. The highest BCUT2D eigenvalue weighted by Crippen LogP contribution is 1.97. The summed E-state index contributed by atoms with van der Waals surface area (Å²) in [5, 5.41) is 0. The molecule has 0 saturated heterocycles. The van der Waals surface area contributed by atoms with Gasteiger partial charge in [-0.15, -0.1) is 0 Å². The van der Waals surface area contributed by atoms with E-state index in [2.05, 4.69) is 16.1 Å². The Morgan fingerprint density at radius 1 is 1.90 bits per heavy atom. The number of hydrogen-bond donors (Lipinski definition) is 0. The summed E-state index contributed by atoms with van der Waals surface area (Å²) in [6.45, 7) is 5.01. The van der Waals surface area contributed by atoms with Crippen molar-refractivity contribution in [3.8, 4) is 0 Å². The molecule has 0 saturated carbocycles. The van der Waals surface area contributed by atoms with Crippen molar-refractivity contribution in [1.82, 2.24) is 0 Å². The summed E-state index contributed by atoms with van der Waals surface area (Å²) in [6.07, 6.45) is 0.669. The molecule has 1 atom stereocenters. The molecule has 0 heterocycles. The highest BCUT2D eigenvalue weighted by molar-refractivity contribution is 6.19. The van der Waals surface area contributed by atoms with E-state index in [0.717, 1.165) is 0 Å². The van der Waals surface area contributed by atoms with Gasteiger partial charge in [0.05, 0.1) is 0 Å². The van der Waals surface area contributed by atoms with E-state index >= 15 is 0 Å². The lowest BCUT2D eigenvalue weighted by Crippen LogP contribution is -2.11. The summed E-state index contributed by atoms with van der Waals surface area (Å²) in [5.74, 6) is 0. The number of carbonyl (C=O) groups excluding carboxylic acids is 1. The Morgan fingerprint density at radius 3 is 2.90 bits per heavy atom. The molecule has 0 aliphatic carbocycles. The van der Waals surface area contributed by atoms with E-state index in [4.69, 9.17) is 11.6 Å². The normalized spacial score (nSPS) is 11.8. The van der Waals surface area contributed by atoms with Gasteiger partial charge >= 0.3 is 6.16 Å². The molecule has 0 radical (unpaired) electrons. The average Bonchev–Trinajstić information content (AvgIpc) is 1.82. The Morgan fingerprint density at radius 2 is 2.50 bits per heavy atom. The second-order valence-electron chi connectivity index (χ2n) is 1.51. The highest BCUT2D eigenvalue weighted by atomic mass is 35.5. The number of carbonyl (C=O) groups is 1. The van der Waals surface area contributed by atoms with Gasteiger partial charge in [0.15, 0.2) is 5.56 Å². The van der Waals surface area contributed by atoms with E-state index in [9.17, 15) is 4.79 Å². The first-order chi connectivity index (χ1) is 4.66. The Bertz CT molecular complexity index is 122. The summed E-state index contributed by atoms with van der Waals surface area (Å²) in [5.41, 5.74) is -0.655. The average molecular weight is 165 g/mol. The fraction of sp³-hybridized carbons (Fsp3) is 0.500. The van der Waals surface area contributed by atoms with Crippen molar-refractivity contribution in [1.29, 1.82) is 0 Å². The zero-order chi connectivity index (χ0) is 7.98. The Labute approximate surface area is 64.6 Å². The third-order valence-corrected chi connectivity index (χ3v) is 0.667. The lowest BCUT2D eigenvalue weighted by atomic mass is 10.7. The molecule has 0 fully saturated rings. The van der Waals surface area contributed by atoms with Crippen LogP contribution in [0.3, 0.4) is 0 Å². The monoisotopic (exact) mass is 164 g/mol. The first-order valence-electron chi connectivity index (χ1n) is 2.75. The van der Waals surface area contributed by atoms with Gasteiger partial charge in [-0.1, -0.05) is 24.3 Å². The Hall–Kier alpha value is -0.700. The van der Waals surface area contributed by atoms with E-state index in [0.29, 0.717) is 0 Å². The standard InChI is InChI=1S/C6H9ClO3/c1-3-4-9-6(8)10-5(2)7/h3,5H,1,4H2,2H3. The van der Waals surface area contributed by atoms with Crippen LogP contribution in [-0.4, -0.2) is 18.3 Å². The third kappa shape index (κ3) is 5.44. The van der Waals surface area contributed by atoms with Crippen LogP contribution >= 0.6 is 11.6 Å². The highest BCUT2D eigenvalue weighted by Gasteiger charge is 2.05. The molecular weight excluding hydrogens is 156 g/mol. The smallest absolute Gasteiger partial charge is 0.430 e. The van der Waals surface area contributed by atoms with Gasteiger partial charge in [0, 0.05) is 0 Å². The maximum atomic E-state index is 10.4. The first kappa shape index (κ1) is 9.30. The minimum absolute atomic E-state index is 0.141. The SMILES string of the molecule is C=CCOC(=O)OC(C)Cl. The van der Waals surface area contributed by atoms with Crippen LogP contribution in [0.5, 0.6) is 0 Å². The molecule has 0 rings (SSSR count). The lowest BCUT2D eigenvalue weighted by molar-refractivity contribution is 0.0575. The van der Waals surface area contributed by atoms with Crippen molar-refractivity contribution < 1.29 is 14.3 Å². The van der Waals surface area contributed by atoms with Crippen LogP contribution in [0.2, 0.25) is 0 Å². The van der Waals surface area contributed by atoms with Crippen LogP contribution in [0.1, 0.15) is 6.92 Å². The number of rotatable bonds is 3. The van der Waals surface area contributed by atoms with Crippen LogP contribution in [0.15, 0.2) is 12.7 Å². The van der Waals surface area contributed by atoms with E-state index in [-0.39, 0.29) is 6.61 Å². The second-order valence-corrected chi connectivity index (χ2v) is 2.13. The predicted molar refractivity (Wildman–Crippen MR) is 37.9 cm³/mol. The molecule has 0 spiro atoms. The van der Waals surface area contributed by atoms with Crippen LogP contribution < -0.4 is 0 Å². The van der Waals surface area contributed by atoms with Crippen LogP contribution in [0.25, 0.3) is 0 Å². The van der Waals surface area contributed by atoms with Crippen molar-refractivity contribution in [3.05, 3.63) is 12.7 Å². The molecule has 0 aromatic heterocycles. The Balaban J connectivity index is 3.34. The summed E-state index contributed by atoms with van der Waals surface area (Å²) >= 11 is 5.30. The van der Waals surface area contributed by atoms with E-state index in [1.807, 2.05) is 0 Å². The first-order valence-corrected chi connectivity index (χ1v) is 3.19. The molecule has 0 N–H and O–H groups in total. The van der Waals surface area contributed by atoms with Crippen LogP contribution in [-0.2, 0) is 9.47 Å². The molecular formula is C6H9ClO3. The third-order valence-electron chi connectivity index (χ3n) is 0.578. The fourth-order valence-corrected chi connectivity index (χ4v) is 0.366. The largest absolute Gasteiger partial charge is 0.510 e. The minimum Gasteiger partial charge on any atom is -0.430 e. The summed E-state index contributed by atoms with van der Waals surface area (Å²) in [4.78, 5) is 10.4. The van der Waals surface area contributed by atoms with Gasteiger partial charge in [-0.25, -0.2) is 4.79 Å².